The molecule has 0 aliphatic carbocycles. The van der Waals surface area contributed by atoms with E-state index in [1.165, 1.54) is 35.1 Å². The molecule has 0 spiro atoms. The van der Waals surface area contributed by atoms with Crippen molar-refractivity contribution in [1.82, 2.24) is 9.80 Å². The van der Waals surface area contributed by atoms with E-state index in [4.69, 9.17) is 21.1 Å². The van der Waals surface area contributed by atoms with Crippen molar-refractivity contribution in [2.75, 3.05) is 20.3 Å². The smallest absolute Gasteiger partial charge is 0.323 e. The second-order valence-corrected chi connectivity index (χ2v) is 9.26. The average molecular weight is 541 g/mol. The van der Waals surface area contributed by atoms with E-state index in [0.29, 0.717) is 27.5 Å². The fourth-order valence-electron chi connectivity index (χ4n) is 4.44. The number of carbonyl (C=O) groups excluding carboxylic acids is 2. The van der Waals surface area contributed by atoms with Crippen LogP contribution in [0.3, 0.4) is 0 Å². The highest BCUT2D eigenvalue weighted by Crippen LogP contribution is 2.34. The first-order valence-electron chi connectivity index (χ1n) is 11.8. The van der Waals surface area contributed by atoms with Crippen LogP contribution in [0.25, 0.3) is 0 Å². The summed E-state index contributed by atoms with van der Waals surface area (Å²) in [5.41, 5.74) is 1.75. The number of hydrogen-bond acceptors (Lipinski definition) is 5. The van der Waals surface area contributed by atoms with E-state index < -0.39 is 48.9 Å². The molecular weight excluding hydrogens is 515 g/mol. The monoisotopic (exact) mass is 540 g/mol. The van der Waals surface area contributed by atoms with Crippen LogP contribution in [-0.2, 0) is 32.2 Å². The van der Waals surface area contributed by atoms with E-state index in [9.17, 15) is 23.9 Å². The van der Waals surface area contributed by atoms with Gasteiger partial charge in [-0.25, -0.2) is 4.39 Å². The predicted molar refractivity (Wildman–Crippen MR) is 137 cm³/mol. The van der Waals surface area contributed by atoms with E-state index in [-0.39, 0.29) is 13.1 Å². The summed E-state index contributed by atoms with van der Waals surface area (Å²) in [6.45, 7) is -0.976. The first-order chi connectivity index (χ1) is 18.2. The van der Waals surface area contributed by atoms with Crippen LogP contribution in [0.1, 0.15) is 22.7 Å². The van der Waals surface area contributed by atoms with Gasteiger partial charge in [0.2, 0.25) is 5.91 Å². The molecule has 1 aliphatic heterocycles. The second kappa shape index (κ2) is 12.1. The normalized spacial score (nSPS) is 17.2. The largest absolute Gasteiger partial charge is 0.497 e. The molecule has 0 saturated carbocycles. The number of carboxylic acid groups (broad SMARTS) is 1. The second-order valence-electron chi connectivity index (χ2n) is 8.82. The molecule has 4 rings (SSSR count). The number of hydrogen-bond donors (Lipinski definition) is 1. The molecular formula is C28H26ClFN2O6. The molecule has 1 N–H and O–H groups in total. The summed E-state index contributed by atoms with van der Waals surface area (Å²) in [6.07, 6.45) is -1.22. The van der Waals surface area contributed by atoms with Crippen LogP contribution in [0, 0.1) is 5.82 Å². The number of morpholine rings is 1. The molecule has 1 saturated heterocycles. The van der Waals surface area contributed by atoms with Crippen LogP contribution in [0.15, 0.2) is 72.8 Å². The Morgan fingerprint density at radius 3 is 2.50 bits per heavy atom. The first kappa shape index (κ1) is 27.1. The number of carboxylic acids is 1. The first-order valence-corrected chi connectivity index (χ1v) is 12.2. The zero-order chi connectivity index (χ0) is 27.2. The Hall–Kier alpha value is -3.95. The molecule has 1 fully saturated rings. The summed E-state index contributed by atoms with van der Waals surface area (Å²) >= 11 is 6.08. The lowest BCUT2D eigenvalue weighted by Crippen LogP contribution is -2.55. The number of carbonyl (C=O) groups is 3. The number of benzene rings is 3. The van der Waals surface area contributed by atoms with Gasteiger partial charge in [-0.05, 0) is 53.1 Å². The van der Waals surface area contributed by atoms with Crippen molar-refractivity contribution >= 4 is 29.4 Å². The van der Waals surface area contributed by atoms with E-state index in [0.717, 1.165) is 0 Å². The number of aliphatic carboxylic acids is 1. The average Bonchev–Trinajstić information content (AvgIpc) is 2.89. The zero-order valence-corrected chi connectivity index (χ0v) is 21.3. The van der Waals surface area contributed by atoms with Gasteiger partial charge in [-0.15, -0.1) is 0 Å². The van der Waals surface area contributed by atoms with Gasteiger partial charge in [-0.1, -0.05) is 48.0 Å². The van der Waals surface area contributed by atoms with Crippen LogP contribution in [-0.4, -0.2) is 59.1 Å². The maximum absolute atomic E-state index is 13.9. The topological polar surface area (TPSA) is 96.4 Å². The Kier molecular flexibility index (Phi) is 8.60. The summed E-state index contributed by atoms with van der Waals surface area (Å²) in [6, 6.07) is 18.5. The Morgan fingerprint density at radius 2 is 1.82 bits per heavy atom. The lowest BCUT2D eigenvalue weighted by molar-refractivity contribution is -0.172. The molecule has 0 bridgehead atoms. The SMILES string of the molecule is COc1cccc(CN(CC(=O)O)C(=O)[C@H]2OCC(=O)N(Cc3cccc(F)c3)[C@@H]2c2ccc(Cl)cc2)c1. The molecule has 3 aromatic carbocycles. The van der Waals surface area contributed by atoms with Crippen LogP contribution < -0.4 is 4.74 Å². The van der Waals surface area contributed by atoms with E-state index >= 15 is 0 Å². The number of amides is 2. The summed E-state index contributed by atoms with van der Waals surface area (Å²) in [5, 5.41) is 10.0. The molecule has 2 amide bonds. The van der Waals surface area contributed by atoms with Crippen LogP contribution in [0.2, 0.25) is 5.02 Å². The highest BCUT2D eigenvalue weighted by molar-refractivity contribution is 6.30. The van der Waals surface area contributed by atoms with Gasteiger partial charge in [0.15, 0.2) is 6.10 Å². The molecule has 0 aromatic heterocycles. The molecule has 1 heterocycles. The molecule has 2 atom stereocenters. The van der Waals surface area contributed by atoms with Crippen LogP contribution in [0.4, 0.5) is 4.39 Å². The molecule has 38 heavy (non-hydrogen) atoms. The minimum atomic E-state index is -1.22. The maximum atomic E-state index is 13.9. The molecule has 0 radical (unpaired) electrons. The fourth-order valence-corrected chi connectivity index (χ4v) is 4.57. The molecule has 0 unspecified atom stereocenters. The van der Waals surface area contributed by atoms with Gasteiger partial charge >= 0.3 is 5.97 Å². The van der Waals surface area contributed by atoms with Gasteiger partial charge in [-0.3, -0.25) is 14.4 Å². The van der Waals surface area contributed by atoms with E-state index in [1.54, 1.807) is 54.6 Å². The van der Waals surface area contributed by atoms with E-state index in [2.05, 4.69) is 0 Å². The lowest BCUT2D eigenvalue weighted by Gasteiger charge is -2.42. The Bertz CT molecular complexity index is 1320. The van der Waals surface area contributed by atoms with Gasteiger partial charge in [-0.2, -0.15) is 0 Å². The fraction of sp³-hybridized carbons (Fsp3) is 0.250. The molecule has 1 aliphatic rings. The Morgan fingerprint density at radius 1 is 1.11 bits per heavy atom. The number of rotatable bonds is 9. The minimum Gasteiger partial charge on any atom is -0.497 e. The van der Waals surface area contributed by atoms with Crippen LogP contribution >= 0.6 is 11.6 Å². The van der Waals surface area contributed by atoms with Crippen molar-refractivity contribution in [2.45, 2.75) is 25.2 Å². The molecule has 198 valence electrons. The third-order valence-electron chi connectivity index (χ3n) is 6.17. The lowest BCUT2D eigenvalue weighted by atomic mass is 9.95. The van der Waals surface area contributed by atoms with Crippen LogP contribution in [0.5, 0.6) is 5.75 Å². The zero-order valence-electron chi connectivity index (χ0n) is 20.6. The molecule has 8 nitrogen and oxygen atoms in total. The van der Waals surface area contributed by atoms with Gasteiger partial charge in [0, 0.05) is 18.1 Å². The van der Waals surface area contributed by atoms with Crippen molar-refractivity contribution in [2.24, 2.45) is 0 Å². The van der Waals surface area contributed by atoms with Crippen molar-refractivity contribution in [3.05, 3.63) is 100 Å². The van der Waals surface area contributed by atoms with Gasteiger partial charge < -0.3 is 24.4 Å². The van der Waals surface area contributed by atoms with Crippen molar-refractivity contribution in [3.63, 3.8) is 0 Å². The minimum absolute atomic E-state index is 0.0197. The number of halogens is 2. The molecule has 10 heteroatoms. The van der Waals surface area contributed by atoms with Gasteiger partial charge in [0.25, 0.3) is 5.91 Å². The summed E-state index contributed by atoms with van der Waals surface area (Å²) in [5.74, 6) is -2.09. The summed E-state index contributed by atoms with van der Waals surface area (Å²) < 4.78 is 24.9. The standard InChI is InChI=1S/C28H26ClFN2O6/c1-37-23-7-3-5-19(13-23)14-31(16-25(34)35)28(36)27-26(20-8-10-21(29)11-9-20)32(24(33)17-38-27)15-18-4-2-6-22(30)12-18/h2-13,26-27H,14-17H2,1H3,(H,34,35)/t26-,27+/m1/s1. The Balaban J connectivity index is 1.71. The van der Waals surface area contributed by atoms with Crippen molar-refractivity contribution < 1.29 is 33.4 Å². The maximum Gasteiger partial charge on any atom is 0.323 e. The highest BCUT2D eigenvalue weighted by Gasteiger charge is 2.43. The third-order valence-corrected chi connectivity index (χ3v) is 6.42. The van der Waals surface area contributed by atoms with Crippen molar-refractivity contribution in [3.8, 4) is 5.75 Å². The van der Waals surface area contributed by atoms with Crippen molar-refractivity contribution in [1.29, 1.82) is 0 Å². The Labute approximate surface area is 224 Å². The highest BCUT2D eigenvalue weighted by atomic mass is 35.5. The quantitative estimate of drug-likeness (QED) is 0.439. The number of nitrogens with zero attached hydrogens (tertiary/aromatic N) is 2. The molecule has 3 aromatic rings. The number of methoxy groups -OCH3 is 1. The summed E-state index contributed by atoms with van der Waals surface area (Å²) in [4.78, 5) is 41.3. The summed E-state index contributed by atoms with van der Waals surface area (Å²) in [7, 11) is 1.51. The van der Waals surface area contributed by atoms with Gasteiger partial charge in [0.05, 0.1) is 13.2 Å². The predicted octanol–water partition coefficient (Wildman–Crippen LogP) is 4.07. The van der Waals surface area contributed by atoms with Gasteiger partial charge in [0.1, 0.15) is 24.7 Å². The van der Waals surface area contributed by atoms with E-state index in [1.807, 2.05) is 0 Å². The number of ether oxygens (including phenoxy) is 2. The third kappa shape index (κ3) is 6.48.